The standard InChI is InChI=1S/C28H42N2O3S/c1-2-3-4-5-6-7-8-9-10-11-12-13-14-15-24-16-17-25(28(31)22-24)23-30-34(32,33)27-20-18-26(29)19-21-27/h16-23,31H,2-15,29H2,1H3. The maximum atomic E-state index is 12.3. The molecule has 188 valence electrons. The predicted molar refractivity (Wildman–Crippen MR) is 143 cm³/mol. The molecule has 2 rings (SSSR count). The fraction of sp³-hybridized carbons (Fsp3) is 0.536. The summed E-state index contributed by atoms with van der Waals surface area (Å²) in [6.45, 7) is 2.26. The molecule has 0 aliphatic rings. The van der Waals surface area contributed by atoms with E-state index >= 15 is 0 Å². The van der Waals surface area contributed by atoms with Gasteiger partial charge in [-0.1, -0.05) is 90.0 Å². The van der Waals surface area contributed by atoms with Crippen LogP contribution in [-0.4, -0.2) is 19.7 Å². The van der Waals surface area contributed by atoms with E-state index in [1.165, 1.54) is 108 Å². The molecular weight excluding hydrogens is 444 g/mol. The SMILES string of the molecule is CCCCCCCCCCCCCCCc1ccc(C=NS(=O)(=O)c2ccc(N)cc2)c(O)c1. The Morgan fingerprint density at radius 2 is 1.32 bits per heavy atom. The minimum Gasteiger partial charge on any atom is -0.507 e. The van der Waals surface area contributed by atoms with Gasteiger partial charge in [0, 0.05) is 11.3 Å². The van der Waals surface area contributed by atoms with Crippen LogP contribution in [0.3, 0.4) is 0 Å². The molecule has 0 saturated carbocycles. The van der Waals surface area contributed by atoms with Crippen LogP contribution >= 0.6 is 0 Å². The third-order valence-corrected chi connectivity index (χ3v) is 7.42. The number of nitrogens with two attached hydrogens (primary N) is 1. The minimum absolute atomic E-state index is 0.0449. The highest BCUT2D eigenvalue weighted by molar-refractivity contribution is 7.90. The number of benzene rings is 2. The van der Waals surface area contributed by atoms with Crippen molar-refractivity contribution in [1.82, 2.24) is 0 Å². The monoisotopic (exact) mass is 486 g/mol. The highest BCUT2D eigenvalue weighted by Gasteiger charge is 2.11. The van der Waals surface area contributed by atoms with Crippen LogP contribution < -0.4 is 5.73 Å². The van der Waals surface area contributed by atoms with Crippen LogP contribution in [0.1, 0.15) is 102 Å². The summed E-state index contributed by atoms with van der Waals surface area (Å²) >= 11 is 0. The van der Waals surface area contributed by atoms with Gasteiger partial charge in [0.05, 0.1) is 11.1 Å². The zero-order valence-electron chi connectivity index (χ0n) is 20.7. The van der Waals surface area contributed by atoms with Crippen molar-refractivity contribution in [1.29, 1.82) is 0 Å². The molecule has 0 aliphatic carbocycles. The molecule has 0 unspecified atom stereocenters. The first-order valence-corrected chi connectivity index (χ1v) is 14.3. The molecule has 0 amide bonds. The number of hydrogen-bond donors (Lipinski definition) is 2. The second-order valence-electron chi connectivity index (χ2n) is 9.16. The molecule has 2 aromatic carbocycles. The van der Waals surface area contributed by atoms with Crippen molar-refractivity contribution >= 4 is 21.9 Å². The van der Waals surface area contributed by atoms with Gasteiger partial charge in [0.1, 0.15) is 5.75 Å². The summed E-state index contributed by atoms with van der Waals surface area (Å²) in [5.41, 5.74) is 7.52. The van der Waals surface area contributed by atoms with Gasteiger partial charge in [-0.15, -0.1) is 0 Å². The second-order valence-corrected chi connectivity index (χ2v) is 10.8. The molecule has 0 heterocycles. The van der Waals surface area contributed by atoms with Crippen molar-refractivity contribution in [2.75, 3.05) is 5.73 Å². The van der Waals surface area contributed by atoms with Crippen LogP contribution in [0.15, 0.2) is 51.8 Å². The summed E-state index contributed by atoms with van der Waals surface area (Å²) in [6, 6.07) is 11.2. The Kier molecular flexibility index (Phi) is 12.8. The molecule has 2 aromatic rings. The van der Waals surface area contributed by atoms with Gasteiger partial charge in [-0.05, 0) is 54.8 Å². The van der Waals surface area contributed by atoms with Gasteiger partial charge in [0.25, 0.3) is 10.0 Å². The lowest BCUT2D eigenvalue weighted by Gasteiger charge is -2.06. The number of aromatic hydroxyl groups is 1. The van der Waals surface area contributed by atoms with Crippen LogP contribution in [-0.2, 0) is 16.4 Å². The number of rotatable bonds is 17. The lowest BCUT2D eigenvalue weighted by atomic mass is 10.0. The van der Waals surface area contributed by atoms with E-state index in [9.17, 15) is 13.5 Å². The van der Waals surface area contributed by atoms with E-state index in [0.29, 0.717) is 11.3 Å². The predicted octanol–water partition coefficient (Wildman–Crippen LogP) is 7.42. The summed E-state index contributed by atoms with van der Waals surface area (Å²) in [4.78, 5) is 0.0662. The van der Waals surface area contributed by atoms with E-state index in [0.717, 1.165) is 18.4 Å². The average Bonchev–Trinajstić information content (AvgIpc) is 2.82. The second kappa shape index (κ2) is 15.5. The smallest absolute Gasteiger partial charge is 0.282 e. The topological polar surface area (TPSA) is 92.8 Å². The Morgan fingerprint density at radius 1 is 0.794 bits per heavy atom. The zero-order chi connectivity index (χ0) is 24.7. The summed E-state index contributed by atoms with van der Waals surface area (Å²) in [6.07, 6.45) is 19.3. The minimum atomic E-state index is -3.84. The zero-order valence-corrected chi connectivity index (χ0v) is 21.5. The molecule has 0 aromatic heterocycles. The Morgan fingerprint density at radius 3 is 1.85 bits per heavy atom. The van der Waals surface area contributed by atoms with Crippen molar-refractivity contribution in [3.8, 4) is 5.75 Å². The van der Waals surface area contributed by atoms with Gasteiger partial charge in [-0.2, -0.15) is 12.8 Å². The lowest BCUT2D eigenvalue weighted by molar-refractivity contribution is 0.473. The fourth-order valence-corrected chi connectivity index (χ4v) is 4.88. The molecule has 6 heteroatoms. The first-order valence-electron chi connectivity index (χ1n) is 12.9. The summed E-state index contributed by atoms with van der Waals surface area (Å²) in [5.74, 6) is 0.0449. The van der Waals surface area contributed by atoms with Gasteiger partial charge in [-0.3, -0.25) is 0 Å². The number of unbranched alkanes of at least 4 members (excludes halogenated alkanes) is 12. The van der Waals surface area contributed by atoms with E-state index in [-0.39, 0.29) is 10.6 Å². The van der Waals surface area contributed by atoms with Crippen LogP contribution in [0.2, 0.25) is 0 Å². The molecule has 3 N–H and O–H groups in total. The Balaban J connectivity index is 1.64. The number of phenols is 1. The van der Waals surface area contributed by atoms with E-state index in [2.05, 4.69) is 11.3 Å². The molecule has 0 saturated heterocycles. The van der Waals surface area contributed by atoms with Crippen molar-refractivity contribution in [3.05, 3.63) is 53.6 Å². The van der Waals surface area contributed by atoms with Crippen LogP contribution in [0.4, 0.5) is 5.69 Å². The van der Waals surface area contributed by atoms with Gasteiger partial charge in [-0.25, -0.2) is 0 Å². The van der Waals surface area contributed by atoms with Crippen molar-refractivity contribution in [2.24, 2.45) is 4.40 Å². The molecule has 0 bridgehead atoms. The van der Waals surface area contributed by atoms with E-state index in [1.807, 2.05) is 6.07 Å². The normalized spacial score (nSPS) is 11.9. The number of phenolic OH excluding ortho intramolecular Hbond substituents is 1. The molecule has 0 fully saturated rings. The molecule has 5 nitrogen and oxygen atoms in total. The first-order chi connectivity index (χ1) is 16.4. The first kappa shape index (κ1) is 27.9. The van der Waals surface area contributed by atoms with Crippen molar-refractivity contribution in [2.45, 2.75) is 102 Å². The molecule has 0 aliphatic heterocycles. The number of nitrogens with zero attached hydrogens (tertiary/aromatic N) is 1. The largest absolute Gasteiger partial charge is 0.507 e. The molecule has 0 spiro atoms. The van der Waals surface area contributed by atoms with Crippen LogP contribution in [0, 0.1) is 0 Å². The summed E-state index contributed by atoms with van der Waals surface area (Å²) in [7, 11) is -3.84. The highest BCUT2D eigenvalue weighted by atomic mass is 32.2. The maximum absolute atomic E-state index is 12.3. The van der Waals surface area contributed by atoms with Gasteiger partial charge in [0.2, 0.25) is 0 Å². The van der Waals surface area contributed by atoms with Gasteiger partial charge >= 0.3 is 0 Å². The van der Waals surface area contributed by atoms with Crippen molar-refractivity contribution < 1.29 is 13.5 Å². The van der Waals surface area contributed by atoms with Gasteiger partial charge < -0.3 is 10.8 Å². The van der Waals surface area contributed by atoms with E-state index < -0.39 is 10.0 Å². The summed E-state index contributed by atoms with van der Waals surface area (Å²) < 4.78 is 28.4. The van der Waals surface area contributed by atoms with Crippen LogP contribution in [0.5, 0.6) is 5.75 Å². The number of anilines is 1. The highest BCUT2D eigenvalue weighted by Crippen LogP contribution is 2.21. The average molecular weight is 487 g/mol. The Labute approximate surface area is 206 Å². The Hall–Kier alpha value is -2.34. The lowest BCUT2D eigenvalue weighted by Crippen LogP contribution is -1.98. The van der Waals surface area contributed by atoms with Crippen molar-refractivity contribution in [3.63, 3.8) is 0 Å². The van der Waals surface area contributed by atoms with Crippen LogP contribution in [0.25, 0.3) is 0 Å². The molecule has 34 heavy (non-hydrogen) atoms. The number of hydrogen-bond acceptors (Lipinski definition) is 4. The maximum Gasteiger partial charge on any atom is 0.282 e. The summed E-state index contributed by atoms with van der Waals surface area (Å²) in [5, 5.41) is 10.3. The van der Waals surface area contributed by atoms with E-state index in [1.54, 1.807) is 12.1 Å². The number of nitrogen functional groups attached to an aromatic ring is 1. The third-order valence-electron chi connectivity index (χ3n) is 6.17. The quantitative estimate of drug-likeness (QED) is 0.138. The Bertz CT molecular complexity index is 970. The molecule has 0 atom stereocenters. The molecular formula is C28H42N2O3S. The number of sulfonamides is 1. The fourth-order valence-electron chi connectivity index (χ4n) is 4.03. The van der Waals surface area contributed by atoms with Gasteiger partial charge in [0.15, 0.2) is 0 Å². The number of aryl methyl sites for hydroxylation is 1. The van der Waals surface area contributed by atoms with E-state index in [4.69, 9.17) is 5.73 Å². The third kappa shape index (κ3) is 10.7. The molecule has 0 radical (unpaired) electrons.